The molecule has 1 fully saturated rings. The lowest BCUT2D eigenvalue weighted by Crippen LogP contribution is -2.21. The fourth-order valence-corrected chi connectivity index (χ4v) is 5.47. The van der Waals surface area contributed by atoms with Crippen molar-refractivity contribution in [2.45, 2.75) is 66.2 Å². The van der Waals surface area contributed by atoms with Crippen molar-refractivity contribution in [2.24, 2.45) is 5.41 Å². The first kappa shape index (κ1) is 20.2. The molecule has 5 rings (SSSR count). The largest absolute Gasteiger partial charge is 0.257 e. The Hall–Kier alpha value is -2.74. The second kappa shape index (κ2) is 7.44. The van der Waals surface area contributed by atoms with E-state index in [2.05, 4.69) is 77.1 Å². The topological polar surface area (TPSA) is 25.8 Å². The van der Waals surface area contributed by atoms with Crippen molar-refractivity contribution in [1.29, 1.82) is 0 Å². The van der Waals surface area contributed by atoms with Gasteiger partial charge >= 0.3 is 0 Å². The van der Waals surface area contributed by atoms with E-state index in [1.807, 2.05) is 6.20 Å². The number of rotatable bonds is 2. The van der Waals surface area contributed by atoms with Crippen molar-refractivity contribution in [3.05, 3.63) is 71.2 Å². The molecular weight excluding hydrogens is 376 g/mol. The van der Waals surface area contributed by atoms with Gasteiger partial charge in [-0.1, -0.05) is 43.2 Å². The zero-order chi connectivity index (χ0) is 21.8. The summed E-state index contributed by atoms with van der Waals surface area (Å²) in [7, 11) is 0. The molecule has 1 saturated carbocycles. The van der Waals surface area contributed by atoms with Crippen molar-refractivity contribution < 1.29 is 0 Å². The predicted octanol–water partition coefficient (Wildman–Crippen LogP) is 8.06. The second-order valence-electron chi connectivity index (χ2n) is 10.4. The van der Waals surface area contributed by atoms with Crippen LogP contribution in [-0.2, 0) is 0 Å². The van der Waals surface area contributed by atoms with Gasteiger partial charge in [-0.15, -0.1) is 0 Å². The summed E-state index contributed by atoms with van der Waals surface area (Å²) < 4.78 is 0. The lowest BCUT2D eigenvalue weighted by molar-refractivity contribution is 0.223. The van der Waals surface area contributed by atoms with E-state index >= 15 is 0 Å². The third-order valence-electron chi connectivity index (χ3n) is 7.13. The molecule has 1 aliphatic rings. The first-order valence-corrected chi connectivity index (χ1v) is 11.6. The van der Waals surface area contributed by atoms with Crippen molar-refractivity contribution in [1.82, 2.24) is 9.97 Å². The second-order valence-corrected chi connectivity index (χ2v) is 10.4. The maximum absolute atomic E-state index is 5.07. The SMILES string of the molecule is Cc1cc(C)cc(-c2nccc3c2ccc2c(C4CCC(C)(C)CC4)nc(C)cc23)c1. The standard InChI is InChI=1S/C29H32N2/c1-18-14-19(2)16-22(15-18)27-24-6-7-25-26(23(24)10-13-30-27)17-20(3)31-28(25)21-8-11-29(4,5)12-9-21/h6-7,10,13-17,21H,8-9,11-12H2,1-5H3. The van der Waals surface area contributed by atoms with Gasteiger partial charge in [0.05, 0.1) is 11.4 Å². The smallest absolute Gasteiger partial charge is 0.0780 e. The van der Waals surface area contributed by atoms with E-state index < -0.39 is 0 Å². The van der Waals surface area contributed by atoms with E-state index in [9.17, 15) is 0 Å². The molecule has 4 aromatic rings. The van der Waals surface area contributed by atoms with Crippen LogP contribution >= 0.6 is 0 Å². The molecule has 0 amide bonds. The van der Waals surface area contributed by atoms with E-state index in [-0.39, 0.29) is 0 Å². The van der Waals surface area contributed by atoms with Crippen LogP contribution in [0.25, 0.3) is 32.8 Å². The minimum Gasteiger partial charge on any atom is -0.257 e. The molecule has 0 N–H and O–H groups in total. The van der Waals surface area contributed by atoms with Crippen molar-refractivity contribution in [2.75, 3.05) is 0 Å². The highest BCUT2D eigenvalue weighted by Crippen LogP contribution is 2.44. The summed E-state index contributed by atoms with van der Waals surface area (Å²) in [5, 5.41) is 5.14. The van der Waals surface area contributed by atoms with Crippen LogP contribution in [0.15, 0.2) is 48.7 Å². The number of hydrogen-bond donors (Lipinski definition) is 0. The summed E-state index contributed by atoms with van der Waals surface area (Å²) in [4.78, 5) is 9.87. The summed E-state index contributed by atoms with van der Waals surface area (Å²) in [5.41, 5.74) is 7.70. The molecule has 0 spiro atoms. The van der Waals surface area contributed by atoms with E-state index in [1.165, 1.54) is 69.6 Å². The molecule has 0 radical (unpaired) electrons. The van der Waals surface area contributed by atoms with Gasteiger partial charge in [-0.05, 0) is 86.9 Å². The zero-order valence-electron chi connectivity index (χ0n) is 19.4. The number of aromatic nitrogens is 2. The summed E-state index contributed by atoms with van der Waals surface area (Å²) in [6, 6.07) is 15.7. The van der Waals surface area contributed by atoms with Gasteiger partial charge in [0, 0.05) is 34.1 Å². The highest BCUT2D eigenvalue weighted by atomic mass is 14.7. The molecule has 0 atom stereocenters. The molecule has 0 aliphatic heterocycles. The lowest BCUT2D eigenvalue weighted by Gasteiger charge is -2.34. The molecule has 0 bridgehead atoms. The zero-order valence-corrected chi connectivity index (χ0v) is 19.4. The summed E-state index contributed by atoms with van der Waals surface area (Å²) in [6.45, 7) is 11.3. The third kappa shape index (κ3) is 3.73. The van der Waals surface area contributed by atoms with Crippen LogP contribution in [0, 0.1) is 26.2 Å². The molecule has 31 heavy (non-hydrogen) atoms. The van der Waals surface area contributed by atoms with Crippen LogP contribution < -0.4 is 0 Å². The first-order chi connectivity index (χ1) is 14.8. The summed E-state index contributed by atoms with van der Waals surface area (Å²) in [5.74, 6) is 0.564. The van der Waals surface area contributed by atoms with Crippen LogP contribution in [0.1, 0.15) is 68.0 Å². The number of nitrogens with zero attached hydrogens (tertiary/aromatic N) is 2. The Morgan fingerprint density at radius 3 is 2.16 bits per heavy atom. The molecule has 158 valence electrons. The van der Waals surface area contributed by atoms with E-state index in [4.69, 9.17) is 9.97 Å². The Bertz CT molecular complexity index is 1270. The van der Waals surface area contributed by atoms with Gasteiger partial charge in [0.2, 0.25) is 0 Å². The van der Waals surface area contributed by atoms with E-state index in [0.29, 0.717) is 11.3 Å². The van der Waals surface area contributed by atoms with Crippen LogP contribution in [-0.4, -0.2) is 9.97 Å². The average Bonchev–Trinajstić information content (AvgIpc) is 2.72. The van der Waals surface area contributed by atoms with Gasteiger partial charge < -0.3 is 0 Å². The van der Waals surface area contributed by atoms with Gasteiger partial charge in [-0.3, -0.25) is 9.97 Å². The van der Waals surface area contributed by atoms with Gasteiger partial charge in [-0.25, -0.2) is 0 Å². The normalized spacial score (nSPS) is 16.8. The quantitative estimate of drug-likeness (QED) is 0.313. The fourth-order valence-electron chi connectivity index (χ4n) is 5.47. The fraction of sp³-hybridized carbons (Fsp3) is 0.379. The Morgan fingerprint density at radius 1 is 0.774 bits per heavy atom. The van der Waals surface area contributed by atoms with Crippen molar-refractivity contribution in [3.8, 4) is 11.3 Å². The van der Waals surface area contributed by atoms with Crippen LogP contribution in [0.3, 0.4) is 0 Å². The van der Waals surface area contributed by atoms with E-state index in [1.54, 1.807) is 0 Å². The van der Waals surface area contributed by atoms with Crippen molar-refractivity contribution >= 4 is 21.5 Å². The molecule has 2 aromatic carbocycles. The van der Waals surface area contributed by atoms with Gasteiger partial charge in [0.15, 0.2) is 0 Å². The number of aryl methyl sites for hydroxylation is 3. The molecule has 2 nitrogen and oxygen atoms in total. The summed E-state index contributed by atoms with van der Waals surface area (Å²) in [6.07, 6.45) is 7.00. The van der Waals surface area contributed by atoms with Gasteiger partial charge in [0.1, 0.15) is 0 Å². The minimum atomic E-state index is 0.468. The molecule has 2 heterocycles. The Morgan fingerprint density at radius 2 is 1.45 bits per heavy atom. The number of pyridine rings is 2. The van der Waals surface area contributed by atoms with Gasteiger partial charge in [0.25, 0.3) is 0 Å². The number of hydrogen-bond acceptors (Lipinski definition) is 2. The molecule has 0 unspecified atom stereocenters. The highest BCUT2D eigenvalue weighted by molar-refractivity contribution is 6.11. The highest BCUT2D eigenvalue weighted by Gasteiger charge is 2.29. The molecule has 0 saturated heterocycles. The van der Waals surface area contributed by atoms with Crippen molar-refractivity contribution in [3.63, 3.8) is 0 Å². The van der Waals surface area contributed by atoms with Crippen LogP contribution in [0.2, 0.25) is 0 Å². The monoisotopic (exact) mass is 408 g/mol. The predicted molar refractivity (Wildman–Crippen MR) is 132 cm³/mol. The maximum Gasteiger partial charge on any atom is 0.0780 e. The number of benzene rings is 2. The molecular formula is C29H32N2. The third-order valence-corrected chi connectivity index (χ3v) is 7.13. The number of fused-ring (bicyclic) bond motifs is 3. The first-order valence-electron chi connectivity index (χ1n) is 11.6. The molecule has 2 heteroatoms. The maximum atomic E-state index is 5.07. The average molecular weight is 409 g/mol. The minimum absolute atomic E-state index is 0.468. The Labute approximate surface area is 185 Å². The lowest BCUT2D eigenvalue weighted by atomic mass is 9.71. The molecule has 1 aliphatic carbocycles. The van der Waals surface area contributed by atoms with Gasteiger partial charge in [-0.2, -0.15) is 0 Å². The summed E-state index contributed by atoms with van der Waals surface area (Å²) >= 11 is 0. The van der Waals surface area contributed by atoms with E-state index in [0.717, 1.165) is 11.4 Å². The molecule has 2 aromatic heterocycles. The Balaban J connectivity index is 1.70. The Kier molecular flexibility index (Phi) is 4.84. The van der Waals surface area contributed by atoms with Crippen LogP contribution in [0.4, 0.5) is 0 Å². The van der Waals surface area contributed by atoms with Crippen LogP contribution in [0.5, 0.6) is 0 Å².